The van der Waals surface area contributed by atoms with E-state index in [1.807, 2.05) is 37.0 Å². The molecule has 27 nitrogen and oxygen atoms in total. The summed E-state index contributed by atoms with van der Waals surface area (Å²) < 4.78 is 30.9. The Morgan fingerprint density at radius 1 is 0.873 bits per heavy atom. The van der Waals surface area contributed by atoms with Gasteiger partial charge in [0.2, 0.25) is 28.6 Å². The van der Waals surface area contributed by atoms with Crippen molar-refractivity contribution in [2.24, 2.45) is 35.3 Å². The topological polar surface area (TPSA) is 387 Å². The Morgan fingerprint density at radius 2 is 1.57 bits per heavy atom. The summed E-state index contributed by atoms with van der Waals surface area (Å²) in [7, 11) is 1.46. The van der Waals surface area contributed by atoms with Crippen LogP contribution in [0.5, 0.6) is 11.5 Å². The number of ether oxygens (including phenoxy) is 4. The van der Waals surface area contributed by atoms with Crippen LogP contribution < -0.4 is 58.0 Å². The predicted octanol–water partition coefficient (Wildman–Crippen LogP) is 7.47. The van der Waals surface area contributed by atoms with Gasteiger partial charge in [-0.05, 0) is 106 Å². The summed E-state index contributed by atoms with van der Waals surface area (Å²) in [5, 5.41) is 49.3. The van der Waals surface area contributed by atoms with E-state index in [9.17, 15) is 58.5 Å². The van der Waals surface area contributed by atoms with Crippen molar-refractivity contribution in [2.45, 2.75) is 169 Å². The number of anilines is 3. The van der Waals surface area contributed by atoms with Gasteiger partial charge >= 0.3 is 17.8 Å². The first-order chi connectivity index (χ1) is 48.4. The Balaban J connectivity index is 0.959. The van der Waals surface area contributed by atoms with Gasteiger partial charge in [-0.25, -0.2) is 9.78 Å². The number of hydrogen-bond acceptors (Lipinski definition) is 20. The molecular formula is C75H93N9O18. The fourth-order valence-electron chi connectivity index (χ4n) is 13.9. The number of primary amides is 1. The molecule has 4 aromatic carbocycles. The van der Waals surface area contributed by atoms with Crippen LogP contribution >= 0.6 is 0 Å². The lowest BCUT2D eigenvalue weighted by atomic mass is 9.79. The third-order valence-corrected chi connectivity index (χ3v) is 19.7. The molecule has 10 atom stereocenters. The number of urea groups is 1. The van der Waals surface area contributed by atoms with Crippen molar-refractivity contribution in [3.8, 4) is 11.5 Å². The summed E-state index contributed by atoms with van der Waals surface area (Å²) in [5.74, 6) is -8.58. The minimum absolute atomic E-state index is 0.0240. The molecule has 8 amide bonds. The van der Waals surface area contributed by atoms with Crippen LogP contribution in [0.25, 0.3) is 38.7 Å². The van der Waals surface area contributed by atoms with E-state index in [0.717, 1.165) is 10.5 Å². The number of unbranched alkanes of at least 4 members (excludes halogenated alkanes) is 2. The molecule has 0 aliphatic carbocycles. The first kappa shape index (κ1) is 76.0. The zero-order chi connectivity index (χ0) is 74.2. The number of methoxy groups -OCH3 is 1. The number of hydrogen-bond donors (Lipinski definition) is 9. The van der Waals surface area contributed by atoms with Crippen LogP contribution in [0.2, 0.25) is 0 Å². The number of aliphatic hydroxyl groups excluding tert-OH is 2. The van der Waals surface area contributed by atoms with E-state index >= 15 is 4.79 Å². The average Bonchev–Trinajstić information content (AvgIpc) is 1.40. The Hall–Kier alpha value is -10.2. The Labute approximate surface area is 589 Å². The molecule has 0 radical (unpaired) electrons. The number of aromatic nitrogens is 1. The zero-order valence-electron chi connectivity index (χ0n) is 59.4. The number of phenols is 1. The largest absolute Gasteiger partial charge is 0.507 e. The van der Waals surface area contributed by atoms with E-state index in [-0.39, 0.29) is 129 Å². The van der Waals surface area contributed by atoms with Gasteiger partial charge in [0.1, 0.15) is 40.9 Å². The van der Waals surface area contributed by atoms with E-state index < -0.39 is 106 Å². The van der Waals surface area contributed by atoms with Crippen molar-refractivity contribution >= 4 is 103 Å². The minimum atomic E-state index is -2.03. The Kier molecular flexibility index (Phi) is 24.3. The van der Waals surface area contributed by atoms with Gasteiger partial charge in [-0.2, -0.15) is 0 Å². The number of aromatic hydroxyl groups is 1. The standard InChI is InChI=1S/C75H93N9O18/c1-38(2)60(80-54(87)20-13-12-14-31-84-55(88)25-26-56(84)89)73(96)79-50(19-16-30-77-74(76)97)72(95)78-48-23-21-46(22-24-48)47-27-32-83(33-28-47)49-36-51(86)61-53(37-49)101-69-62(81-61)57-58-65(91)44(8)68-59(57)70(93)75(10,102-68)99-34-29-52(98-11)42(6)67(100-45(9)85)43(7)64(90)41(5)35-39(3)17-15-18-40(4)71(94)82-63(69)66(58)92/h15,17-18,21-26,29,34,36-39,41-43,47,50,52,60,64,67,90-91,93H,12-14,16,19-20,27-28,30-33,35H2,1-11H3,(H,78,95)(H,79,96)(H,80,87)(H,82,94)(H3,76,77,97)/b17-15+,34-29+,40-18-/t39-,41+,42+,43+,50-,52-,60?,64+,67+,75-/m0/s1. The van der Waals surface area contributed by atoms with Crippen LogP contribution in [0.3, 0.4) is 0 Å². The van der Waals surface area contributed by atoms with Gasteiger partial charge in [-0.15, -0.1) is 0 Å². The van der Waals surface area contributed by atoms with Gasteiger partial charge in [-0.3, -0.25) is 48.1 Å². The highest BCUT2D eigenvalue weighted by Gasteiger charge is 2.44. The van der Waals surface area contributed by atoms with Gasteiger partial charge in [-0.1, -0.05) is 78.3 Å². The first-order valence-electron chi connectivity index (χ1n) is 34.7. The maximum absolute atomic E-state index is 15.2. The second-order valence-electron chi connectivity index (χ2n) is 27.6. The number of rotatable bonds is 20. The lowest BCUT2D eigenvalue weighted by Crippen LogP contribution is -2.54. The third-order valence-electron chi connectivity index (χ3n) is 19.7. The van der Waals surface area contributed by atoms with Crippen molar-refractivity contribution in [3.05, 3.63) is 121 Å². The van der Waals surface area contributed by atoms with Crippen LogP contribution in [0.4, 0.5) is 21.9 Å². The Morgan fingerprint density at radius 3 is 2.23 bits per heavy atom. The van der Waals surface area contributed by atoms with E-state index in [1.165, 1.54) is 52.4 Å². The quantitative estimate of drug-likeness (QED) is 0.0120. The molecule has 0 saturated carbocycles. The molecule has 10 N–H and O–H groups in total. The summed E-state index contributed by atoms with van der Waals surface area (Å²) in [5.41, 5.74) is 4.82. The molecule has 546 valence electrons. The van der Waals surface area contributed by atoms with Crippen molar-refractivity contribution in [1.29, 1.82) is 0 Å². The Bertz CT molecular complexity index is 4370. The van der Waals surface area contributed by atoms with E-state index in [4.69, 9.17) is 34.1 Å². The molecule has 5 heterocycles. The number of piperidine rings is 1. The number of carbonyl (C=O) groups is 8. The van der Waals surface area contributed by atoms with Crippen LogP contribution in [0.15, 0.2) is 98.7 Å². The summed E-state index contributed by atoms with van der Waals surface area (Å²) in [6.07, 6.45) is 11.6. The van der Waals surface area contributed by atoms with Crippen LogP contribution in [-0.4, -0.2) is 142 Å². The van der Waals surface area contributed by atoms with Gasteiger partial charge < -0.3 is 75.9 Å². The molecule has 4 bridgehead atoms. The maximum atomic E-state index is 15.2. The number of imide groups is 1. The predicted molar refractivity (Wildman–Crippen MR) is 383 cm³/mol. The molecule has 4 aliphatic rings. The summed E-state index contributed by atoms with van der Waals surface area (Å²) in [4.78, 5) is 141. The maximum Gasteiger partial charge on any atom is 0.312 e. The molecule has 0 spiro atoms. The number of esters is 1. The number of phenolic OH excluding ortho intramolecular Hbond substituents is 1. The molecule has 5 aromatic rings. The van der Waals surface area contributed by atoms with Crippen molar-refractivity contribution < 1.29 is 77.0 Å². The number of amides is 8. The molecule has 1 aromatic heterocycles. The summed E-state index contributed by atoms with van der Waals surface area (Å²) in [6, 6.07) is 7.54. The molecular weight excluding hydrogens is 1310 g/mol. The molecule has 27 heteroatoms. The van der Waals surface area contributed by atoms with Gasteiger partial charge in [0.15, 0.2) is 22.4 Å². The normalized spacial score (nSPS) is 23.9. The molecule has 4 aliphatic heterocycles. The molecule has 1 fully saturated rings. The van der Waals surface area contributed by atoms with E-state index in [0.29, 0.717) is 63.0 Å². The monoisotopic (exact) mass is 1410 g/mol. The smallest absolute Gasteiger partial charge is 0.312 e. The fraction of sp³-hybridized carbons (Fsp3) is 0.480. The number of nitrogens with two attached hydrogens (primary N) is 1. The fourth-order valence-corrected chi connectivity index (χ4v) is 13.9. The van der Waals surface area contributed by atoms with Crippen molar-refractivity contribution in [3.63, 3.8) is 0 Å². The van der Waals surface area contributed by atoms with E-state index in [2.05, 4.69) is 26.6 Å². The number of aliphatic hydroxyl groups is 2. The van der Waals surface area contributed by atoms with Gasteiger partial charge in [0.25, 0.3) is 17.7 Å². The van der Waals surface area contributed by atoms with Crippen molar-refractivity contribution in [1.82, 2.24) is 25.8 Å². The molecule has 1 unspecified atom stereocenters. The zero-order valence-corrected chi connectivity index (χ0v) is 59.4. The summed E-state index contributed by atoms with van der Waals surface area (Å²) >= 11 is 0. The van der Waals surface area contributed by atoms with Crippen LogP contribution in [0, 0.1) is 36.5 Å². The highest BCUT2D eigenvalue weighted by molar-refractivity contribution is 6.17. The second-order valence-corrected chi connectivity index (χ2v) is 27.6. The third kappa shape index (κ3) is 17.1. The molecule has 1 saturated heterocycles. The second kappa shape index (κ2) is 32.7. The summed E-state index contributed by atoms with van der Waals surface area (Å²) in [6.45, 7) is 18.0. The minimum Gasteiger partial charge on any atom is -0.507 e. The number of benzene rings is 4. The highest BCUT2D eigenvalue weighted by Crippen LogP contribution is 2.43. The van der Waals surface area contributed by atoms with E-state index in [1.54, 1.807) is 71.0 Å². The number of carbonyl (C=O) groups excluding carboxylic acids is 8. The lowest BCUT2D eigenvalue weighted by molar-refractivity contribution is -0.159. The number of fused-ring (bicyclic) bond motifs is 2. The van der Waals surface area contributed by atoms with Gasteiger partial charge in [0, 0.05) is 118 Å². The number of nitrogens with one attached hydrogen (secondary N) is 5. The van der Waals surface area contributed by atoms with Crippen LogP contribution in [0.1, 0.15) is 137 Å². The molecule has 9 rings (SSSR count). The van der Waals surface area contributed by atoms with Crippen molar-refractivity contribution in [2.75, 3.05) is 48.8 Å². The lowest BCUT2D eigenvalue weighted by Gasteiger charge is -2.36. The van der Waals surface area contributed by atoms with Crippen LogP contribution in [-0.2, 0) is 47.8 Å². The number of allylic oxidation sites excluding steroid dienone is 3. The molecule has 102 heavy (non-hydrogen) atoms. The van der Waals surface area contributed by atoms with Gasteiger partial charge in [0.05, 0.1) is 29.1 Å². The highest BCUT2D eigenvalue weighted by atomic mass is 16.7. The first-order valence-corrected chi connectivity index (χ1v) is 34.7. The SMILES string of the molecule is CO[C@H]1/C=C/O[C@@]2(C)Oc3c(C)c(O)c4c(=O)c(c5oc6cc(N7CCC(c8ccc(NC(=O)[C@H](CCCNC(N)=O)NC(=O)C(NC(=O)CCCCCN9C(=O)C=CC9=O)C(C)C)cc8)CC7)cc(=O)c6nc5c4c3=C2O)NC(=O)/C(C)=C\C=C\[C@H](C)C[C@@H](C)[C@@H](O)[C@@H](C)[C@H](OC(C)=O)[C@@H]1C. The number of nitrogens with zero attached hydrogens (tertiary/aromatic N) is 3. The average molecular weight is 1410 g/mol.